The number of nitrogens with zero attached hydrogens (tertiary/aromatic N) is 2. The van der Waals surface area contributed by atoms with Crippen LogP contribution in [-0.4, -0.2) is 35.1 Å². The molecule has 2 rings (SSSR count). The van der Waals surface area contributed by atoms with Gasteiger partial charge < -0.3 is 5.32 Å². The summed E-state index contributed by atoms with van der Waals surface area (Å²) in [5.74, 6) is 0. The van der Waals surface area contributed by atoms with E-state index in [1.165, 1.54) is 30.1 Å². The first-order valence-electron chi connectivity index (χ1n) is 6.03. The molecule has 90 valence electrons. The highest BCUT2D eigenvalue weighted by Gasteiger charge is 2.23. The number of hydrogen-bond donors (Lipinski definition) is 1. The molecule has 2 heterocycles. The van der Waals surface area contributed by atoms with E-state index in [-0.39, 0.29) is 0 Å². The molecule has 0 bridgehead atoms. The van der Waals surface area contributed by atoms with Crippen molar-refractivity contribution in [2.45, 2.75) is 45.8 Å². The third-order valence-corrected chi connectivity index (χ3v) is 4.28. The molecule has 1 fully saturated rings. The van der Waals surface area contributed by atoms with Crippen LogP contribution in [0.1, 0.15) is 30.8 Å². The summed E-state index contributed by atoms with van der Waals surface area (Å²) in [6.07, 6.45) is 1.27. The summed E-state index contributed by atoms with van der Waals surface area (Å²) in [5.41, 5.74) is 3.11. The minimum absolute atomic E-state index is 0.656. The third-order valence-electron chi connectivity index (χ3n) is 3.35. The molecule has 4 heteroatoms. The van der Waals surface area contributed by atoms with E-state index < -0.39 is 0 Å². The molecule has 1 aliphatic heterocycles. The number of rotatable bonds is 4. The van der Waals surface area contributed by atoms with Gasteiger partial charge in [-0.25, -0.2) is 4.98 Å². The molecule has 0 spiro atoms. The summed E-state index contributed by atoms with van der Waals surface area (Å²) in [5, 5.41) is 3.64. The number of nitrogens with one attached hydrogen (secondary N) is 1. The summed E-state index contributed by atoms with van der Waals surface area (Å²) in [4.78, 5) is 8.19. The highest BCUT2D eigenvalue weighted by molar-refractivity contribution is 7.09. The fraction of sp³-hybridized carbons (Fsp3) is 0.750. The van der Waals surface area contributed by atoms with E-state index >= 15 is 0 Å². The highest BCUT2D eigenvalue weighted by atomic mass is 32.1. The van der Waals surface area contributed by atoms with Crippen LogP contribution in [0.15, 0.2) is 5.51 Å². The van der Waals surface area contributed by atoms with Gasteiger partial charge in [0.25, 0.3) is 0 Å². The largest absolute Gasteiger partial charge is 0.308 e. The molecule has 1 unspecified atom stereocenters. The second kappa shape index (κ2) is 5.25. The van der Waals surface area contributed by atoms with E-state index in [1.54, 1.807) is 11.3 Å². The van der Waals surface area contributed by atoms with E-state index in [0.717, 1.165) is 6.54 Å². The quantitative estimate of drug-likeness (QED) is 0.871. The van der Waals surface area contributed by atoms with Crippen molar-refractivity contribution in [3.8, 4) is 0 Å². The van der Waals surface area contributed by atoms with Crippen LogP contribution in [0.2, 0.25) is 0 Å². The predicted molar refractivity (Wildman–Crippen MR) is 68.8 cm³/mol. The van der Waals surface area contributed by atoms with Crippen molar-refractivity contribution >= 4 is 11.3 Å². The number of thiazole rings is 1. The number of aromatic nitrogens is 1. The van der Waals surface area contributed by atoms with Gasteiger partial charge in [-0.2, -0.15) is 0 Å². The second-order valence-electron chi connectivity index (χ2n) is 4.82. The van der Waals surface area contributed by atoms with Crippen LogP contribution in [0.5, 0.6) is 0 Å². The second-order valence-corrected chi connectivity index (χ2v) is 5.76. The zero-order chi connectivity index (χ0) is 11.5. The van der Waals surface area contributed by atoms with Crippen LogP contribution in [0.25, 0.3) is 0 Å². The van der Waals surface area contributed by atoms with Gasteiger partial charge in [0.05, 0.1) is 11.2 Å². The summed E-state index contributed by atoms with van der Waals surface area (Å²) in [6, 6.07) is 1.33. The SMILES string of the molecule is Cc1ncsc1CNC1CCN(C(C)C)C1. The average molecular weight is 239 g/mol. The lowest BCUT2D eigenvalue weighted by Gasteiger charge is -2.20. The minimum Gasteiger partial charge on any atom is -0.308 e. The maximum atomic E-state index is 4.27. The summed E-state index contributed by atoms with van der Waals surface area (Å²) in [7, 11) is 0. The Kier molecular flexibility index (Phi) is 3.95. The Morgan fingerprint density at radius 1 is 1.62 bits per heavy atom. The van der Waals surface area contributed by atoms with Gasteiger partial charge in [0.1, 0.15) is 0 Å². The van der Waals surface area contributed by atoms with Crippen LogP contribution in [0.3, 0.4) is 0 Å². The van der Waals surface area contributed by atoms with Crippen molar-refractivity contribution in [2.75, 3.05) is 13.1 Å². The summed E-state index contributed by atoms with van der Waals surface area (Å²) < 4.78 is 0. The van der Waals surface area contributed by atoms with Gasteiger partial charge in [-0.05, 0) is 33.7 Å². The predicted octanol–water partition coefficient (Wildman–Crippen LogP) is 2.02. The lowest BCUT2D eigenvalue weighted by molar-refractivity contribution is 0.268. The van der Waals surface area contributed by atoms with Gasteiger partial charge in [0.15, 0.2) is 0 Å². The van der Waals surface area contributed by atoms with Crippen molar-refractivity contribution in [2.24, 2.45) is 0 Å². The lowest BCUT2D eigenvalue weighted by Crippen LogP contribution is -2.34. The first-order valence-corrected chi connectivity index (χ1v) is 6.91. The van der Waals surface area contributed by atoms with Gasteiger partial charge in [-0.1, -0.05) is 0 Å². The van der Waals surface area contributed by atoms with Gasteiger partial charge >= 0.3 is 0 Å². The molecule has 0 amide bonds. The maximum Gasteiger partial charge on any atom is 0.0798 e. The molecule has 0 radical (unpaired) electrons. The molecular weight excluding hydrogens is 218 g/mol. The Balaban J connectivity index is 1.78. The Morgan fingerprint density at radius 2 is 2.44 bits per heavy atom. The maximum absolute atomic E-state index is 4.27. The molecular formula is C12H21N3S. The van der Waals surface area contributed by atoms with Gasteiger partial charge in [0.2, 0.25) is 0 Å². The fourth-order valence-electron chi connectivity index (χ4n) is 2.16. The van der Waals surface area contributed by atoms with Crippen molar-refractivity contribution < 1.29 is 0 Å². The molecule has 1 atom stereocenters. The minimum atomic E-state index is 0.656. The molecule has 16 heavy (non-hydrogen) atoms. The molecule has 0 aliphatic carbocycles. The standard InChI is InChI=1S/C12H21N3S/c1-9(2)15-5-4-11(7-15)13-6-12-10(3)14-8-16-12/h8-9,11,13H,4-7H2,1-3H3. The topological polar surface area (TPSA) is 28.2 Å². The van der Waals surface area contributed by atoms with E-state index in [4.69, 9.17) is 0 Å². The molecule has 1 aromatic heterocycles. The van der Waals surface area contributed by atoms with E-state index in [1.807, 2.05) is 5.51 Å². The Labute approximate surface area is 102 Å². The Bertz CT molecular complexity index is 335. The zero-order valence-electron chi connectivity index (χ0n) is 10.4. The van der Waals surface area contributed by atoms with Crippen LogP contribution in [-0.2, 0) is 6.54 Å². The highest BCUT2D eigenvalue weighted by Crippen LogP contribution is 2.15. The molecule has 0 aromatic carbocycles. The van der Waals surface area contributed by atoms with Crippen molar-refractivity contribution in [1.29, 1.82) is 0 Å². The van der Waals surface area contributed by atoms with Crippen LogP contribution < -0.4 is 5.32 Å². The molecule has 1 N–H and O–H groups in total. The summed E-state index contributed by atoms with van der Waals surface area (Å²) in [6.45, 7) is 10.0. The van der Waals surface area contributed by atoms with Crippen molar-refractivity contribution in [1.82, 2.24) is 15.2 Å². The lowest BCUT2D eigenvalue weighted by atomic mass is 10.2. The van der Waals surface area contributed by atoms with Crippen LogP contribution in [0, 0.1) is 6.92 Å². The number of aryl methyl sites for hydroxylation is 1. The number of hydrogen-bond acceptors (Lipinski definition) is 4. The Hall–Kier alpha value is -0.450. The van der Waals surface area contributed by atoms with Gasteiger partial charge in [-0.3, -0.25) is 4.90 Å². The van der Waals surface area contributed by atoms with E-state index in [2.05, 4.69) is 36.0 Å². The van der Waals surface area contributed by atoms with Crippen LogP contribution >= 0.6 is 11.3 Å². The average Bonchev–Trinajstić information content (AvgIpc) is 2.83. The molecule has 1 aromatic rings. The number of likely N-dealkylation sites (tertiary alicyclic amines) is 1. The first kappa shape index (κ1) is 12.0. The third kappa shape index (κ3) is 2.81. The molecule has 3 nitrogen and oxygen atoms in total. The zero-order valence-corrected chi connectivity index (χ0v) is 11.2. The molecule has 1 aliphatic rings. The molecule has 1 saturated heterocycles. The molecule has 0 saturated carbocycles. The first-order chi connectivity index (χ1) is 7.66. The van der Waals surface area contributed by atoms with E-state index in [0.29, 0.717) is 12.1 Å². The fourth-order valence-corrected chi connectivity index (χ4v) is 2.88. The van der Waals surface area contributed by atoms with Crippen LogP contribution in [0.4, 0.5) is 0 Å². The van der Waals surface area contributed by atoms with Crippen molar-refractivity contribution in [3.63, 3.8) is 0 Å². The normalized spacial score (nSPS) is 22.1. The van der Waals surface area contributed by atoms with Gasteiger partial charge in [-0.15, -0.1) is 11.3 Å². The van der Waals surface area contributed by atoms with Gasteiger partial charge in [0, 0.05) is 30.1 Å². The summed E-state index contributed by atoms with van der Waals surface area (Å²) >= 11 is 1.75. The Morgan fingerprint density at radius 3 is 3.00 bits per heavy atom. The smallest absolute Gasteiger partial charge is 0.0798 e. The van der Waals surface area contributed by atoms with E-state index in [9.17, 15) is 0 Å². The monoisotopic (exact) mass is 239 g/mol. The van der Waals surface area contributed by atoms with Crippen molar-refractivity contribution in [3.05, 3.63) is 16.1 Å².